The number of hydrogen-bond donors (Lipinski definition) is 0. The Bertz CT molecular complexity index is 735. The quantitative estimate of drug-likeness (QED) is 0.617. The summed E-state index contributed by atoms with van der Waals surface area (Å²) in [6, 6.07) is 6.38. The van der Waals surface area contributed by atoms with Crippen LogP contribution in [0, 0.1) is 5.82 Å². The summed E-state index contributed by atoms with van der Waals surface area (Å²) in [6.07, 6.45) is 3.31. The number of amides is 1. The van der Waals surface area contributed by atoms with E-state index in [9.17, 15) is 9.18 Å². The van der Waals surface area contributed by atoms with Gasteiger partial charge in [0.05, 0.1) is 11.2 Å². The zero-order valence-corrected chi connectivity index (χ0v) is 14.6. The molecule has 5 nitrogen and oxygen atoms in total. The first kappa shape index (κ1) is 17.0. The van der Waals surface area contributed by atoms with Gasteiger partial charge in [-0.15, -0.1) is 0 Å². The summed E-state index contributed by atoms with van der Waals surface area (Å²) in [5.74, 6) is -0.438. The minimum Gasteiger partial charge on any atom is -0.368 e. The summed E-state index contributed by atoms with van der Waals surface area (Å²) in [5.41, 5.74) is 1.19. The van der Waals surface area contributed by atoms with Crippen LogP contribution in [0.25, 0.3) is 0 Å². The number of hydrogen-bond acceptors (Lipinski definition) is 5. The van der Waals surface area contributed by atoms with E-state index in [1.165, 1.54) is 30.1 Å². The standard InChI is InChI=1S/C16H16ClFN4OS/c1-24-16-19-10-13(17)14(20-16)15(23)22-8-6-21(7-9-22)12-4-2-11(18)3-5-12/h2-5,10H,6-9H2,1H3. The third-order valence-corrected chi connectivity index (χ3v) is 4.70. The van der Waals surface area contributed by atoms with Gasteiger partial charge < -0.3 is 9.80 Å². The van der Waals surface area contributed by atoms with Crippen molar-refractivity contribution in [1.82, 2.24) is 14.9 Å². The monoisotopic (exact) mass is 366 g/mol. The maximum absolute atomic E-state index is 13.0. The molecule has 8 heteroatoms. The van der Waals surface area contributed by atoms with Crippen LogP contribution in [0.5, 0.6) is 0 Å². The lowest BCUT2D eigenvalue weighted by Crippen LogP contribution is -2.49. The average Bonchev–Trinajstić information content (AvgIpc) is 2.62. The molecule has 0 aliphatic carbocycles. The number of carbonyl (C=O) groups excluding carboxylic acids is 1. The fourth-order valence-corrected chi connectivity index (χ4v) is 3.08. The molecule has 0 bridgehead atoms. The van der Waals surface area contributed by atoms with E-state index in [0.29, 0.717) is 31.3 Å². The summed E-state index contributed by atoms with van der Waals surface area (Å²) in [5, 5.41) is 0.784. The Hall–Kier alpha value is -1.86. The second kappa shape index (κ2) is 7.36. The zero-order valence-electron chi connectivity index (χ0n) is 13.1. The summed E-state index contributed by atoms with van der Waals surface area (Å²) < 4.78 is 13.0. The van der Waals surface area contributed by atoms with Crippen LogP contribution in [0.3, 0.4) is 0 Å². The minimum atomic E-state index is -0.254. The van der Waals surface area contributed by atoms with Gasteiger partial charge in [-0.25, -0.2) is 14.4 Å². The summed E-state index contributed by atoms with van der Waals surface area (Å²) >= 11 is 7.44. The lowest BCUT2D eigenvalue weighted by Gasteiger charge is -2.36. The van der Waals surface area contributed by atoms with Crippen LogP contribution in [0.15, 0.2) is 35.6 Å². The van der Waals surface area contributed by atoms with Crippen molar-refractivity contribution in [2.45, 2.75) is 5.16 Å². The predicted octanol–water partition coefficient (Wildman–Crippen LogP) is 2.95. The highest BCUT2D eigenvalue weighted by molar-refractivity contribution is 7.98. The molecule has 1 aliphatic rings. The van der Waals surface area contributed by atoms with Gasteiger partial charge in [-0.1, -0.05) is 23.4 Å². The van der Waals surface area contributed by atoms with Gasteiger partial charge in [-0.2, -0.15) is 0 Å². The smallest absolute Gasteiger partial charge is 0.274 e. The van der Waals surface area contributed by atoms with Gasteiger partial charge in [-0.05, 0) is 30.5 Å². The molecule has 2 heterocycles. The normalized spacial score (nSPS) is 14.8. The molecule has 1 fully saturated rings. The first-order chi connectivity index (χ1) is 11.6. The van der Waals surface area contributed by atoms with Crippen molar-refractivity contribution in [1.29, 1.82) is 0 Å². The first-order valence-electron chi connectivity index (χ1n) is 7.45. The van der Waals surface area contributed by atoms with Crippen LogP contribution in [0.1, 0.15) is 10.5 Å². The molecule has 1 saturated heterocycles. The van der Waals surface area contributed by atoms with Crippen molar-refractivity contribution in [3.63, 3.8) is 0 Å². The van der Waals surface area contributed by atoms with Crippen molar-refractivity contribution in [2.75, 3.05) is 37.3 Å². The maximum atomic E-state index is 13.0. The molecule has 0 saturated carbocycles. The van der Waals surface area contributed by atoms with E-state index >= 15 is 0 Å². The second-order valence-electron chi connectivity index (χ2n) is 5.31. The highest BCUT2D eigenvalue weighted by Crippen LogP contribution is 2.21. The van der Waals surface area contributed by atoms with Gasteiger partial charge in [0.25, 0.3) is 5.91 Å². The molecule has 0 N–H and O–H groups in total. The van der Waals surface area contributed by atoms with Gasteiger partial charge in [0.2, 0.25) is 0 Å². The number of piperazine rings is 1. The number of benzene rings is 1. The van der Waals surface area contributed by atoms with Crippen LogP contribution in [-0.2, 0) is 0 Å². The first-order valence-corrected chi connectivity index (χ1v) is 9.05. The molecule has 1 aromatic carbocycles. The number of aromatic nitrogens is 2. The van der Waals surface area contributed by atoms with Crippen molar-refractivity contribution in [3.05, 3.63) is 47.0 Å². The fourth-order valence-electron chi connectivity index (χ4n) is 2.57. The van der Waals surface area contributed by atoms with E-state index in [0.717, 1.165) is 5.69 Å². The van der Waals surface area contributed by atoms with Gasteiger partial charge in [0.1, 0.15) is 5.82 Å². The zero-order chi connectivity index (χ0) is 17.1. The largest absolute Gasteiger partial charge is 0.368 e. The molecule has 0 radical (unpaired) electrons. The van der Waals surface area contributed by atoms with Crippen molar-refractivity contribution in [2.24, 2.45) is 0 Å². The number of carbonyl (C=O) groups is 1. The number of thioether (sulfide) groups is 1. The Kier molecular flexibility index (Phi) is 5.20. The molecule has 2 aromatic rings. The van der Waals surface area contributed by atoms with Gasteiger partial charge in [0, 0.05) is 31.9 Å². The molecule has 0 unspecified atom stereocenters. The van der Waals surface area contributed by atoms with Crippen LogP contribution < -0.4 is 4.90 Å². The summed E-state index contributed by atoms with van der Waals surface area (Å²) in [4.78, 5) is 24.8. The summed E-state index contributed by atoms with van der Waals surface area (Å²) in [6.45, 7) is 2.47. The molecular formula is C16H16ClFN4OS. The van der Waals surface area contributed by atoms with Crippen molar-refractivity contribution < 1.29 is 9.18 Å². The van der Waals surface area contributed by atoms with Crippen molar-refractivity contribution >= 4 is 35.0 Å². The van der Waals surface area contributed by atoms with Crippen LogP contribution >= 0.6 is 23.4 Å². The van der Waals surface area contributed by atoms with E-state index in [1.807, 2.05) is 6.26 Å². The molecular weight excluding hydrogens is 351 g/mol. The third-order valence-electron chi connectivity index (χ3n) is 3.87. The molecule has 126 valence electrons. The number of anilines is 1. The second-order valence-corrected chi connectivity index (χ2v) is 6.49. The van der Waals surface area contributed by atoms with Crippen LogP contribution in [0.2, 0.25) is 5.02 Å². The fraction of sp³-hybridized carbons (Fsp3) is 0.312. The molecule has 0 atom stereocenters. The summed E-state index contributed by atoms with van der Waals surface area (Å²) in [7, 11) is 0. The molecule has 1 amide bonds. The maximum Gasteiger partial charge on any atom is 0.274 e. The van der Waals surface area contributed by atoms with Crippen LogP contribution in [0.4, 0.5) is 10.1 Å². The molecule has 1 aromatic heterocycles. The molecule has 3 rings (SSSR count). The molecule has 0 spiro atoms. The van der Waals surface area contributed by atoms with Crippen molar-refractivity contribution in [3.8, 4) is 0 Å². The lowest BCUT2D eigenvalue weighted by molar-refractivity contribution is 0.0740. The highest BCUT2D eigenvalue weighted by Gasteiger charge is 2.25. The Morgan fingerprint density at radius 1 is 1.21 bits per heavy atom. The van der Waals surface area contributed by atoms with Gasteiger partial charge in [-0.3, -0.25) is 4.79 Å². The SMILES string of the molecule is CSc1ncc(Cl)c(C(=O)N2CCN(c3ccc(F)cc3)CC2)n1. The molecule has 1 aliphatic heterocycles. The van der Waals surface area contributed by atoms with E-state index in [4.69, 9.17) is 11.6 Å². The topological polar surface area (TPSA) is 49.3 Å². The number of halogens is 2. The third kappa shape index (κ3) is 3.62. The Morgan fingerprint density at radius 3 is 2.50 bits per heavy atom. The number of rotatable bonds is 3. The van der Waals surface area contributed by atoms with Gasteiger partial charge >= 0.3 is 0 Å². The Balaban J connectivity index is 1.68. The van der Waals surface area contributed by atoms with E-state index in [2.05, 4.69) is 14.9 Å². The van der Waals surface area contributed by atoms with E-state index in [-0.39, 0.29) is 22.4 Å². The molecule has 24 heavy (non-hydrogen) atoms. The van der Waals surface area contributed by atoms with E-state index in [1.54, 1.807) is 17.0 Å². The highest BCUT2D eigenvalue weighted by atomic mass is 35.5. The Labute approximate surface area is 148 Å². The van der Waals surface area contributed by atoms with Gasteiger partial charge in [0.15, 0.2) is 10.9 Å². The van der Waals surface area contributed by atoms with E-state index < -0.39 is 0 Å². The van der Waals surface area contributed by atoms with Crippen LogP contribution in [-0.4, -0.2) is 53.2 Å². The lowest BCUT2D eigenvalue weighted by atomic mass is 10.2. The Morgan fingerprint density at radius 2 is 1.88 bits per heavy atom. The minimum absolute atomic E-state index is 0.184. The predicted molar refractivity (Wildman–Crippen MR) is 93.3 cm³/mol. The average molecular weight is 367 g/mol. The number of nitrogens with zero attached hydrogens (tertiary/aromatic N) is 4.